The number of rotatable bonds is 6. The molecule has 0 atom stereocenters. The maximum Gasteiger partial charge on any atom is 0.193 e. The zero-order valence-corrected chi connectivity index (χ0v) is 14.6. The Hall–Kier alpha value is -1.11. The number of likely N-dealkylation sites (N-methyl/N-ethyl adjacent to an activating group) is 1. The molecule has 0 bridgehead atoms. The van der Waals surface area contributed by atoms with Crippen LogP contribution in [0.2, 0.25) is 0 Å². The molecule has 22 heavy (non-hydrogen) atoms. The molecule has 0 aliphatic carbocycles. The fourth-order valence-electron chi connectivity index (χ4n) is 2.66. The van der Waals surface area contributed by atoms with E-state index in [2.05, 4.69) is 39.8 Å². The Labute approximate surface area is 137 Å². The molecule has 5 nitrogen and oxygen atoms in total. The van der Waals surface area contributed by atoms with Crippen molar-refractivity contribution in [1.82, 2.24) is 10.2 Å². The van der Waals surface area contributed by atoms with Gasteiger partial charge in [-0.1, -0.05) is 6.07 Å². The Morgan fingerprint density at radius 1 is 1.50 bits per heavy atom. The van der Waals surface area contributed by atoms with Gasteiger partial charge >= 0.3 is 0 Å². The molecule has 0 spiro atoms. The Kier molecular flexibility index (Phi) is 6.67. The molecule has 0 aromatic carbocycles. The van der Waals surface area contributed by atoms with Crippen LogP contribution in [-0.4, -0.2) is 64.0 Å². The smallest absolute Gasteiger partial charge is 0.193 e. The highest BCUT2D eigenvalue weighted by molar-refractivity contribution is 7.09. The minimum Gasteiger partial charge on any atom is -0.381 e. The van der Waals surface area contributed by atoms with Crippen LogP contribution >= 0.6 is 11.3 Å². The molecule has 6 heteroatoms. The highest BCUT2D eigenvalue weighted by Gasteiger charge is 2.32. The topological polar surface area (TPSA) is 46.1 Å². The molecule has 124 valence electrons. The van der Waals surface area contributed by atoms with Crippen molar-refractivity contribution in [2.75, 3.05) is 47.5 Å². The first-order valence-electron chi connectivity index (χ1n) is 7.76. The first-order valence-corrected chi connectivity index (χ1v) is 8.64. The second-order valence-corrected chi connectivity index (χ2v) is 6.68. The second-order valence-electron chi connectivity index (χ2n) is 5.65. The summed E-state index contributed by atoms with van der Waals surface area (Å²) in [7, 11) is 5.69. The van der Waals surface area contributed by atoms with Crippen molar-refractivity contribution in [3.05, 3.63) is 22.4 Å². The van der Waals surface area contributed by atoms with E-state index in [1.807, 2.05) is 7.05 Å². The molecule has 1 aromatic rings. The van der Waals surface area contributed by atoms with Gasteiger partial charge in [0.25, 0.3) is 0 Å². The van der Waals surface area contributed by atoms with E-state index in [0.29, 0.717) is 0 Å². The van der Waals surface area contributed by atoms with Crippen LogP contribution in [0.3, 0.4) is 0 Å². The van der Waals surface area contributed by atoms with Crippen LogP contribution in [0.1, 0.15) is 17.7 Å². The lowest BCUT2D eigenvalue weighted by Gasteiger charge is -2.37. The molecule has 1 aromatic heterocycles. The average Bonchev–Trinajstić information content (AvgIpc) is 3.08. The summed E-state index contributed by atoms with van der Waals surface area (Å²) in [6.45, 7) is 3.25. The van der Waals surface area contributed by atoms with Crippen LogP contribution in [0, 0.1) is 0 Å². The van der Waals surface area contributed by atoms with Crippen LogP contribution in [-0.2, 0) is 15.9 Å². The van der Waals surface area contributed by atoms with Gasteiger partial charge in [-0.2, -0.15) is 0 Å². The maximum atomic E-state index is 5.76. The zero-order valence-electron chi connectivity index (χ0n) is 13.8. The van der Waals surface area contributed by atoms with Gasteiger partial charge in [0.15, 0.2) is 5.96 Å². The van der Waals surface area contributed by atoms with Crippen molar-refractivity contribution in [2.45, 2.75) is 24.9 Å². The van der Waals surface area contributed by atoms with Crippen LogP contribution in [0.5, 0.6) is 0 Å². The second kappa shape index (κ2) is 8.50. The number of ether oxygens (including phenoxy) is 2. The van der Waals surface area contributed by atoms with Gasteiger partial charge in [-0.25, -0.2) is 0 Å². The first kappa shape index (κ1) is 17.2. The first-order chi connectivity index (χ1) is 10.7. The fraction of sp³-hybridized carbons (Fsp3) is 0.688. The van der Waals surface area contributed by atoms with E-state index in [4.69, 9.17) is 9.47 Å². The number of aliphatic imine (C=N–C) groups is 1. The van der Waals surface area contributed by atoms with Gasteiger partial charge in [0.2, 0.25) is 0 Å². The molecular formula is C16H27N3O2S. The summed E-state index contributed by atoms with van der Waals surface area (Å²) >= 11 is 1.80. The number of nitrogens with one attached hydrogen (secondary N) is 1. The van der Waals surface area contributed by atoms with Crippen molar-refractivity contribution in [3.8, 4) is 0 Å². The molecule has 1 fully saturated rings. The molecule has 0 amide bonds. The lowest BCUT2D eigenvalue weighted by molar-refractivity contribution is -0.0857. The van der Waals surface area contributed by atoms with Crippen molar-refractivity contribution in [3.63, 3.8) is 0 Å². The Bertz CT molecular complexity index is 456. The van der Waals surface area contributed by atoms with E-state index in [0.717, 1.165) is 51.5 Å². The van der Waals surface area contributed by atoms with E-state index in [-0.39, 0.29) is 5.60 Å². The summed E-state index contributed by atoms with van der Waals surface area (Å²) in [6.07, 6.45) is 2.89. The van der Waals surface area contributed by atoms with Gasteiger partial charge in [-0.3, -0.25) is 4.99 Å². The van der Waals surface area contributed by atoms with Gasteiger partial charge in [0.1, 0.15) is 0 Å². The minimum atomic E-state index is -0.136. The van der Waals surface area contributed by atoms with Crippen LogP contribution < -0.4 is 5.32 Å². The van der Waals surface area contributed by atoms with Crippen molar-refractivity contribution >= 4 is 17.3 Å². The van der Waals surface area contributed by atoms with Crippen molar-refractivity contribution in [1.29, 1.82) is 0 Å². The molecule has 1 saturated heterocycles. The third-order valence-electron chi connectivity index (χ3n) is 4.25. The van der Waals surface area contributed by atoms with Gasteiger partial charge in [0, 0.05) is 65.2 Å². The predicted molar refractivity (Wildman–Crippen MR) is 91.8 cm³/mol. The lowest BCUT2D eigenvalue weighted by atomic mass is 9.94. The molecular weight excluding hydrogens is 298 g/mol. The van der Waals surface area contributed by atoms with Crippen LogP contribution in [0.25, 0.3) is 0 Å². The quantitative estimate of drug-likeness (QED) is 0.642. The van der Waals surface area contributed by atoms with E-state index >= 15 is 0 Å². The normalized spacial score (nSPS) is 18.2. The standard InChI is InChI=1S/C16H27N3O2S/c1-17-15(19(2)9-6-14-5-4-12-22-14)18-13-16(20-3)7-10-21-11-8-16/h4-5,12H,6-11,13H2,1-3H3,(H,17,18). The number of thiophene rings is 1. The highest BCUT2D eigenvalue weighted by atomic mass is 32.1. The fourth-order valence-corrected chi connectivity index (χ4v) is 3.36. The number of guanidine groups is 1. The molecule has 0 radical (unpaired) electrons. The minimum absolute atomic E-state index is 0.136. The maximum absolute atomic E-state index is 5.76. The molecule has 0 saturated carbocycles. The molecule has 0 unspecified atom stereocenters. The summed E-state index contributed by atoms with van der Waals surface area (Å²) in [6, 6.07) is 4.28. The van der Waals surface area contributed by atoms with E-state index in [1.165, 1.54) is 4.88 Å². The molecule has 2 heterocycles. The van der Waals surface area contributed by atoms with Gasteiger partial charge in [0.05, 0.1) is 5.60 Å². The molecule has 1 aliphatic heterocycles. The van der Waals surface area contributed by atoms with Crippen molar-refractivity contribution < 1.29 is 9.47 Å². The Balaban J connectivity index is 1.83. The average molecular weight is 325 g/mol. The number of hydrogen-bond donors (Lipinski definition) is 1. The predicted octanol–water partition coefficient (Wildman–Crippen LogP) is 1.99. The van der Waals surface area contributed by atoms with E-state index in [1.54, 1.807) is 18.4 Å². The van der Waals surface area contributed by atoms with Gasteiger partial charge < -0.3 is 19.7 Å². The summed E-state index contributed by atoms with van der Waals surface area (Å²) in [5, 5.41) is 5.58. The van der Waals surface area contributed by atoms with Gasteiger partial charge in [-0.15, -0.1) is 11.3 Å². The van der Waals surface area contributed by atoms with Crippen molar-refractivity contribution in [2.24, 2.45) is 4.99 Å². The van der Waals surface area contributed by atoms with Gasteiger partial charge in [-0.05, 0) is 17.9 Å². The largest absolute Gasteiger partial charge is 0.381 e. The summed E-state index contributed by atoms with van der Waals surface area (Å²) in [5.74, 6) is 0.916. The Morgan fingerprint density at radius 2 is 2.27 bits per heavy atom. The highest BCUT2D eigenvalue weighted by Crippen LogP contribution is 2.23. The van der Waals surface area contributed by atoms with E-state index < -0.39 is 0 Å². The number of hydrogen-bond acceptors (Lipinski definition) is 4. The lowest BCUT2D eigenvalue weighted by Crippen LogP contribution is -2.51. The van der Waals surface area contributed by atoms with Crippen LogP contribution in [0.15, 0.2) is 22.5 Å². The summed E-state index contributed by atoms with van der Waals surface area (Å²) < 4.78 is 11.2. The molecule has 2 rings (SSSR count). The third kappa shape index (κ3) is 4.69. The molecule has 1 aliphatic rings. The number of nitrogens with zero attached hydrogens (tertiary/aromatic N) is 2. The third-order valence-corrected chi connectivity index (χ3v) is 5.19. The number of methoxy groups -OCH3 is 1. The molecule has 1 N–H and O–H groups in total. The SMILES string of the molecule is CN=C(NCC1(OC)CCOCC1)N(C)CCc1cccs1. The zero-order chi connectivity index (χ0) is 15.8. The Morgan fingerprint density at radius 3 is 2.86 bits per heavy atom. The summed E-state index contributed by atoms with van der Waals surface area (Å²) in [4.78, 5) is 7.96. The summed E-state index contributed by atoms with van der Waals surface area (Å²) in [5.41, 5.74) is -0.136. The van der Waals surface area contributed by atoms with Crippen LogP contribution in [0.4, 0.5) is 0 Å². The van der Waals surface area contributed by atoms with E-state index in [9.17, 15) is 0 Å². The monoisotopic (exact) mass is 325 g/mol.